The summed E-state index contributed by atoms with van der Waals surface area (Å²) in [7, 11) is 0. The minimum atomic E-state index is 0.789. The van der Waals surface area contributed by atoms with Crippen molar-refractivity contribution in [3.8, 4) is 0 Å². The van der Waals surface area contributed by atoms with E-state index < -0.39 is 0 Å². The molecule has 0 atom stereocenters. The molecule has 0 unspecified atom stereocenters. The van der Waals surface area contributed by atoms with Gasteiger partial charge in [0, 0.05) is 18.9 Å². The molecule has 2 aromatic rings. The van der Waals surface area contributed by atoms with Gasteiger partial charge in [0.1, 0.15) is 5.52 Å². The summed E-state index contributed by atoms with van der Waals surface area (Å²) in [5, 5.41) is 7.89. The molecular weight excluding hydrogens is 244 g/mol. The quantitative estimate of drug-likeness (QED) is 0.923. The summed E-state index contributed by atoms with van der Waals surface area (Å²) in [5.74, 6) is 4.35. The van der Waals surface area contributed by atoms with Crippen LogP contribution in [0.1, 0.15) is 18.5 Å². The van der Waals surface area contributed by atoms with E-state index in [4.69, 9.17) is 0 Å². The van der Waals surface area contributed by atoms with Crippen molar-refractivity contribution in [1.29, 1.82) is 0 Å². The summed E-state index contributed by atoms with van der Waals surface area (Å²) in [6.45, 7) is 3.03. The average molecular weight is 262 g/mol. The van der Waals surface area contributed by atoms with Crippen LogP contribution in [0.5, 0.6) is 0 Å². The Hall–Kier alpha value is -1.23. The second kappa shape index (κ2) is 5.18. The van der Waals surface area contributed by atoms with Crippen molar-refractivity contribution < 1.29 is 0 Å². The SMILES string of the molecule is Cc1cc2c(NCC3CCSCC3)nccn2n1. The molecule has 0 spiro atoms. The number of hydrogen-bond acceptors (Lipinski definition) is 4. The van der Waals surface area contributed by atoms with Crippen LogP contribution in [-0.4, -0.2) is 32.6 Å². The molecule has 2 aromatic heterocycles. The predicted molar refractivity (Wildman–Crippen MR) is 76.3 cm³/mol. The highest BCUT2D eigenvalue weighted by Gasteiger charge is 2.14. The van der Waals surface area contributed by atoms with E-state index in [1.807, 2.05) is 17.6 Å². The second-order valence-electron chi connectivity index (χ2n) is 4.83. The number of fused-ring (bicyclic) bond motifs is 1. The maximum absolute atomic E-state index is 4.43. The fraction of sp³-hybridized carbons (Fsp3) is 0.538. The molecule has 96 valence electrons. The molecule has 0 radical (unpaired) electrons. The number of aromatic nitrogens is 3. The largest absolute Gasteiger partial charge is 0.368 e. The molecule has 1 saturated heterocycles. The summed E-state index contributed by atoms with van der Waals surface area (Å²) >= 11 is 2.07. The lowest BCUT2D eigenvalue weighted by molar-refractivity contribution is 0.515. The Morgan fingerprint density at radius 2 is 2.28 bits per heavy atom. The summed E-state index contributed by atoms with van der Waals surface area (Å²) in [6.07, 6.45) is 6.33. The van der Waals surface area contributed by atoms with Crippen LogP contribution in [0.25, 0.3) is 5.52 Å². The molecule has 3 rings (SSSR count). The monoisotopic (exact) mass is 262 g/mol. The molecule has 1 fully saturated rings. The number of aryl methyl sites for hydroxylation is 1. The molecule has 1 aliphatic heterocycles. The van der Waals surface area contributed by atoms with Crippen LogP contribution in [0.3, 0.4) is 0 Å². The third kappa shape index (κ3) is 2.46. The van der Waals surface area contributed by atoms with E-state index in [0.717, 1.165) is 29.5 Å². The van der Waals surface area contributed by atoms with Gasteiger partial charge in [-0.15, -0.1) is 0 Å². The smallest absolute Gasteiger partial charge is 0.152 e. The van der Waals surface area contributed by atoms with E-state index >= 15 is 0 Å². The lowest BCUT2D eigenvalue weighted by atomic mass is 10.0. The van der Waals surface area contributed by atoms with Gasteiger partial charge in [-0.25, -0.2) is 9.50 Å². The van der Waals surface area contributed by atoms with Crippen LogP contribution in [0.15, 0.2) is 18.5 Å². The van der Waals surface area contributed by atoms with Crippen molar-refractivity contribution in [2.24, 2.45) is 5.92 Å². The molecule has 5 heteroatoms. The van der Waals surface area contributed by atoms with Crippen LogP contribution in [-0.2, 0) is 0 Å². The predicted octanol–water partition coefficient (Wildman–Crippen LogP) is 2.59. The van der Waals surface area contributed by atoms with Crippen LogP contribution < -0.4 is 5.32 Å². The van der Waals surface area contributed by atoms with Crippen molar-refractivity contribution in [2.75, 3.05) is 23.4 Å². The van der Waals surface area contributed by atoms with E-state index in [1.165, 1.54) is 24.3 Å². The molecule has 0 amide bonds. The summed E-state index contributed by atoms with van der Waals surface area (Å²) < 4.78 is 1.89. The van der Waals surface area contributed by atoms with Gasteiger partial charge in [0.05, 0.1) is 5.69 Å². The van der Waals surface area contributed by atoms with Gasteiger partial charge >= 0.3 is 0 Å². The minimum Gasteiger partial charge on any atom is -0.368 e. The Balaban J connectivity index is 1.73. The molecule has 0 aliphatic carbocycles. The van der Waals surface area contributed by atoms with Crippen molar-refractivity contribution in [3.63, 3.8) is 0 Å². The van der Waals surface area contributed by atoms with Gasteiger partial charge in [-0.2, -0.15) is 16.9 Å². The normalized spacial score (nSPS) is 17.2. The summed E-state index contributed by atoms with van der Waals surface area (Å²) in [4.78, 5) is 4.43. The number of thioether (sulfide) groups is 1. The number of rotatable bonds is 3. The molecular formula is C13H18N4S. The number of nitrogens with one attached hydrogen (secondary N) is 1. The summed E-state index contributed by atoms with van der Waals surface area (Å²) in [6, 6.07) is 2.08. The number of nitrogens with zero attached hydrogens (tertiary/aromatic N) is 3. The van der Waals surface area contributed by atoms with Crippen molar-refractivity contribution in [2.45, 2.75) is 19.8 Å². The zero-order valence-corrected chi connectivity index (χ0v) is 11.4. The highest BCUT2D eigenvalue weighted by molar-refractivity contribution is 7.99. The average Bonchev–Trinajstić information content (AvgIpc) is 2.78. The first-order chi connectivity index (χ1) is 8.83. The Bertz CT molecular complexity index is 531. The van der Waals surface area contributed by atoms with Crippen molar-refractivity contribution in [1.82, 2.24) is 14.6 Å². The third-order valence-corrected chi connectivity index (χ3v) is 4.46. The van der Waals surface area contributed by atoms with Crippen LogP contribution in [0.2, 0.25) is 0 Å². The van der Waals surface area contributed by atoms with E-state index in [0.29, 0.717) is 0 Å². The fourth-order valence-corrected chi connectivity index (χ4v) is 3.58. The molecule has 0 bridgehead atoms. The molecule has 0 aromatic carbocycles. The van der Waals surface area contributed by atoms with E-state index in [9.17, 15) is 0 Å². The topological polar surface area (TPSA) is 42.2 Å². The van der Waals surface area contributed by atoms with Crippen LogP contribution in [0.4, 0.5) is 5.82 Å². The van der Waals surface area contributed by atoms with Gasteiger partial charge in [0.15, 0.2) is 5.82 Å². The Morgan fingerprint density at radius 3 is 3.11 bits per heavy atom. The highest BCUT2D eigenvalue weighted by Crippen LogP contribution is 2.23. The number of anilines is 1. The standard InChI is InChI=1S/C13H18N4S/c1-10-8-12-13(14-4-5-17(12)16-10)15-9-11-2-6-18-7-3-11/h4-5,8,11H,2-3,6-7,9H2,1H3,(H,14,15). The lowest BCUT2D eigenvalue weighted by Gasteiger charge is -2.21. The number of hydrogen-bond donors (Lipinski definition) is 1. The Morgan fingerprint density at radius 1 is 1.44 bits per heavy atom. The molecule has 1 N–H and O–H groups in total. The van der Waals surface area contributed by atoms with Gasteiger partial charge < -0.3 is 5.32 Å². The van der Waals surface area contributed by atoms with E-state index in [-0.39, 0.29) is 0 Å². The third-order valence-electron chi connectivity index (χ3n) is 3.41. The van der Waals surface area contributed by atoms with Crippen molar-refractivity contribution >= 4 is 23.1 Å². The van der Waals surface area contributed by atoms with Gasteiger partial charge in [0.25, 0.3) is 0 Å². The first-order valence-electron chi connectivity index (χ1n) is 6.45. The maximum Gasteiger partial charge on any atom is 0.152 e. The van der Waals surface area contributed by atoms with Gasteiger partial charge in [-0.1, -0.05) is 0 Å². The Labute approximate surface area is 111 Å². The molecule has 18 heavy (non-hydrogen) atoms. The molecule has 3 heterocycles. The summed E-state index contributed by atoms with van der Waals surface area (Å²) in [5.41, 5.74) is 2.10. The molecule has 4 nitrogen and oxygen atoms in total. The molecule has 1 aliphatic rings. The van der Waals surface area contributed by atoms with Crippen LogP contribution in [0, 0.1) is 12.8 Å². The van der Waals surface area contributed by atoms with Gasteiger partial charge in [-0.05, 0) is 43.3 Å². The Kier molecular flexibility index (Phi) is 3.41. The lowest BCUT2D eigenvalue weighted by Crippen LogP contribution is -2.19. The fourth-order valence-electron chi connectivity index (χ4n) is 2.37. The molecule has 0 saturated carbocycles. The first kappa shape index (κ1) is 11.8. The minimum absolute atomic E-state index is 0.789. The second-order valence-corrected chi connectivity index (χ2v) is 6.05. The van der Waals surface area contributed by atoms with Gasteiger partial charge in [0.2, 0.25) is 0 Å². The maximum atomic E-state index is 4.43. The first-order valence-corrected chi connectivity index (χ1v) is 7.61. The van der Waals surface area contributed by atoms with E-state index in [2.05, 4.69) is 33.2 Å². The van der Waals surface area contributed by atoms with Crippen LogP contribution >= 0.6 is 11.8 Å². The zero-order chi connectivity index (χ0) is 12.4. The van der Waals surface area contributed by atoms with E-state index in [1.54, 1.807) is 6.20 Å². The van der Waals surface area contributed by atoms with Gasteiger partial charge in [-0.3, -0.25) is 0 Å². The zero-order valence-electron chi connectivity index (χ0n) is 10.6. The van der Waals surface area contributed by atoms with Crippen molar-refractivity contribution in [3.05, 3.63) is 24.2 Å². The highest BCUT2D eigenvalue weighted by atomic mass is 32.2.